The predicted octanol–water partition coefficient (Wildman–Crippen LogP) is 3.80. The molecule has 1 fully saturated rings. The summed E-state index contributed by atoms with van der Waals surface area (Å²) in [7, 11) is -3.66. The van der Waals surface area contributed by atoms with Gasteiger partial charge in [0.05, 0.1) is 16.3 Å². The molecule has 2 aromatic rings. The van der Waals surface area contributed by atoms with E-state index in [2.05, 4.69) is 12.2 Å². The van der Waals surface area contributed by atoms with Gasteiger partial charge in [-0.05, 0) is 74.1 Å². The minimum absolute atomic E-state index is 0.158. The maximum atomic E-state index is 13.2. The Labute approximate surface area is 199 Å². The maximum absolute atomic E-state index is 13.2. The number of carbonyl (C=O) groups is 2. The topological polar surface area (TPSA) is 86.8 Å². The Morgan fingerprint density at radius 3 is 2.42 bits per heavy atom. The van der Waals surface area contributed by atoms with Gasteiger partial charge in [0.25, 0.3) is 0 Å². The molecule has 33 heavy (non-hydrogen) atoms. The molecule has 2 amide bonds. The van der Waals surface area contributed by atoms with Crippen molar-refractivity contribution in [2.45, 2.75) is 43.4 Å². The van der Waals surface area contributed by atoms with Gasteiger partial charge in [-0.2, -0.15) is 4.31 Å². The first-order valence-corrected chi connectivity index (χ1v) is 13.5. The Balaban J connectivity index is 1.57. The number of nitrogens with one attached hydrogen (secondary N) is 1. The van der Waals surface area contributed by atoms with Gasteiger partial charge < -0.3 is 10.2 Å². The fourth-order valence-corrected chi connectivity index (χ4v) is 6.69. The van der Waals surface area contributed by atoms with Crippen molar-refractivity contribution in [2.24, 2.45) is 5.92 Å². The Morgan fingerprint density at radius 1 is 1.09 bits per heavy atom. The van der Waals surface area contributed by atoms with E-state index in [1.165, 1.54) is 27.0 Å². The van der Waals surface area contributed by atoms with Gasteiger partial charge in [-0.1, -0.05) is 13.0 Å². The van der Waals surface area contributed by atoms with Gasteiger partial charge in [0, 0.05) is 23.7 Å². The standard InChI is InChI=1S/C24H29N3O4S2/c1-16-6-8-26(9-7-16)33(30,31)20-4-5-22-21(13-20)27(24(29)15-32-22)14-23(28)25-19-11-17(2)10-18(3)12-19/h4-5,10-13,16H,6-9,14-15H2,1-3H3,(H,25,28). The molecule has 7 nitrogen and oxygen atoms in total. The molecule has 0 aliphatic carbocycles. The molecule has 2 aliphatic heterocycles. The van der Waals surface area contributed by atoms with Gasteiger partial charge in [-0.3, -0.25) is 9.59 Å². The molecule has 0 bridgehead atoms. The summed E-state index contributed by atoms with van der Waals surface area (Å²) in [6.45, 7) is 6.86. The number of benzene rings is 2. The molecule has 4 rings (SSSR count). The van der Waals surface area contributed by atoms with Gasteiger partial charge in [0.15, 0.2) is 0 Å². The number of fused-ring (bicyclic) bond motifs is 1. The van der Waals surface area contributed by atoms with Crippen LogP contribution in [-0.2, 0) is 19.6 Å². The second kappa shape index (κ2) is 9.48. The zero-order chi connectivity index (χ0) is 23.8. The molecule has 1 N–H and O–H groups in total. The van der Waals surface area contributed by atoms with Crippen LogP contribution in [0.15, 0.2) is 46.2 Å². The van der Waals surface area contributed by atoms with Gasteiger partial charge in [-0.25, -0.2) is 8.42 Å². The summed E-state index contributed by atoms with van der Waals surface area (Å²) in [6.07, 6.45) is 1.67. The van der Waals surface area contributed by atoms with Crippen LogP contribution in [0.1, 0.15) is 30.9 Å². The normalized spacial score (nSPS) is 17.7. The van der Waals surface area contributed by atoms with Crippen LogP contribution in [-0.4, -0.2) is 49.9 Å². The molecule has 0 saturated carbocycles. The summed E-state index contributed by atoms with van der Waals surface area (Å²) in [4.78, 5) is 27.8. The van der Waals surface area contributed by atoms with Crippen molar-refractivity contribution in [1.82, 2.24) is 4.31 Å². The van der Waals surface area contributed by atoms with E-state index < -0.39 is 10.0 Å². The summed E-state index contributed by atoms with van der Waals surface area (Å²) < 4.78 is 28.0. The van der Waals surface area contributed by atoms with Crippen molar-refractivity contribution in [1.29, 1.82) is 0 Å². The Hall–Kier alpha value is -2.36. The number of nitrogens with zero attached hydrogens (tertiary/aromatic N) is 2. The highest BCUT2D eigenvalue weighted by molar-refractivity contribution is 8.00. The monoisotopic (exact) mass is 487 g/mol. The van der Waals surface area contributed by atoms with Crippen LogP contribution < -0.4 is 10.2 Å². The lowest BCUT2D eigenvalue weighted by atomic mass is 10.0. The second-order valence-corrected chi connectivity index (χ2v) is 11.9. The number of piperidine rings is 1. The SMILES string of the molecule is Cc1cc(C)cc(NC(=O)CN2C(=O)CSc3ccc(S(=O)(=O)N4CCC(C)CC4)cc32)c1. The lowest BCUT2D eigenvalue weighted by Gasteiger charge is -2.31. The number of aryl methyl sites for hydroxylation is 2. The minimum atomic E-state index is -3.66. The maximum Gasteiger partial charge on any atom is 0.244 e. The van der Waals surface area contributed by atoms with Crippen LogP contribution in [0.2, 0.25) is 0 Å². The zero-order valence-electron chi connectivity index (χ0n) is 19.1. The Morgan fingerprint density at radius 2 is 1.76 bits per heavy atom. The molecule has 0 spiro atoms. The summed E-state index contributed by atoms with van der Waals surface area (Å²) in [5.41, 5.74) is 3.21. The number of amides is 2. The van der Waals surface area contributed by atoms with Crippen LogP contribution in [0.3, 0.4) is 0 Å². The van der Waals surface area contributed by atoms with E-state index in [1.54, 1.807) is 12.1 Å². The third kappa shape index (κ3) is 5.26. The van der Waals surface area contributed by atoms with E-state index in [0.29, 0.717) is 30.4 Å². The van der Waals surface area contributed by atoms with Gasteiger partial charge in [0.2, 0.25) is 21.8 Å². The van der Waals surface area contributed by atoms with Crippen molar-refractivity contribution >= 4 is 45.0 Å². The molecule has 0 radical (unpaired) electrons. The van der Waals surface area contributed by atoms with Crippen molar-refractivity contribution in [3.8, 4) is 0 Å². The Kier molecular flexibility index (Phi) is 6.83. The quantitative estimate of drug-likeness (QED) is 0.693. The van der Waals surface area contributed by atoms with E-state index in [1.807, 2.05) is 32.0 Å². The number of anilines is 2. The number of thioether (sulfide) groups is 1. The molecule has 2 aliphatic rings. The van der Waals surface area contributed by atoms with Crippen molar-refractivity contribution in [3.05, 3.63) is 47.5 Å². The third-order valence-electron chi connectivity index (χ3n) is 6.06. The van der Waals surface area contributed by atoms with Crippen molar-refractivity contribution < 1.29 is 18.0 Å². The molecule has 0 aromatic heterocycles. The fourth-order valence-electron chi connectivity index (χ4n) is 4.28. The van der Waals surface area contributed by atoms with E-state index in [-0.39, 0.29) is 29.0 Å². The fraction of sp³-hybridized carbons (Fsp3) is 0.417. The van der Waals surface area contributed by atoms with E-state index >= 15 is 0 Å². The largest absolute Gasteiger partial charge is 0.325 e. The molecule has 2 heterocycles. The molecule has 0 unspecified atom stereocenters. The van der Waals surface area contributed by atoms with E-state index in [4.69, 9.17) is 0 Å². The number of rotatable bonds is 5. The van der Waals surface area contributed by atoms with Crippen LogP contribution in [0.4, 0.5) is 11.4 Å². The van der Waals surface area contributed by atoms with Crippen molar-refractivity contribution in [2.75, 3.05) is 35.6 Å². The number of sulfonamides is 1. The van der Waals surface area contributed by atoms with Crippen LogP contribution in [0, 0.1) is 19.8 Å². The number of hydrogen-bond donors (Lipinski definition) is 1. The zero-order valence-corrected chi connectivity index (χ0v) is 20.8. The second-order valence-electron chi connectivity index (χ2n) is 8.91. The summed E-state index contributed by atoms with van der Waals surface area (Å²) in [6, 6.07) is 10.6. The molecule has 9 heteroatoms. The molecular formula is C24H29N3O4S2. The van der Waals surface area contributed by atoms with Gasteiger partial charge in [0.1, 0.15) is 6.54 Å². The van der Waals surface area contributed by atoms with Gasteiger partial charge >= 0.3 is 0 Å². The first kappa shape index (κ1) is 23.8. The summed E-state index contributed by atoms with van der Waals surface area (Å²) in [5.74, 6) is 0.175. The lowest BCUT2D eigenvalue weighted by Crippen LogP contribution is -2.41. The minimum Gasteiger partial charge on any atom is -0.325 e. The van der Waals surface area contributed by atoms with Crippen molar-refractivity contribution in [3.63, 3.8) is 0 Å². The van der Waals surface area contributed by atoms with Gasteiger partial charge in [-0.15, -0.1) is 11.8 Å². The predicted molar refractivity (Wildman–Crippen MR) is 131 cm³/mol. The highest BCUT2D eigenvalue weighted by Crippen LogP contribution is 2.37. The molecule has 176 valence electrons. The number of hydrogen-bond acceptors (Lipinski definition) is 5. The lowest BCUT2D eigenvalue weighted by molar-refractivity contribution is -0.120. The van der Waals surface area contributed by atoms with Crippen LogP contribution in [0.5, 0.6) is 0 Å². The molecule has 1 saturated heterocycles. The highest BCUT2D eigenvalue weighted by atomic mass is 32.2. The first-order valence-electron chi connectivity index (χ1n) is 11.1. The molecule has 0 atom stereocenters. The third-order valence-corrected chi connectivity index (χ3v) is 9.00. The van der Waals surface area contributed by atoms with Crippen LogP contribution in [0.25, 0.3) is 0 Å². The highest BCUT2D eigenvalue weighted by Gasteiger charge is 2.32. The summed E-state index contributed by atoms with van der Waals surface area (Å²) in [5, 5.41) is 2.86. The summed E-state index contributed by atoms with van der Waals surface area (Å²) >= 11 is 1.36. The van der Waals surface area contributed by atoms with Crippen LogP contribution >= 0.6 is 11.8 Å². The van der Waals surface area contributed by atoms with E-state index in [0.717, 1.165) is 28.9 Å². The number of carbonyl (C=O) groups excluding carboxylic acids is 2. The Bertz CT molecular complexity index is 1170. The average Bonchev–Trinajstić information content (AvgIpc) is 2.75. The average molecular weight is 488 g/mol. The molecular weight excluding hydrogens is 458 g/mol. The smallest absolute Gasteiger partial charge is 0.244 e. The molecule has 2 aromatic carbocycles. The first-order chi connectivity index (χ1) is 15.6. The van der Waals surface area contributed by atoms with E-state index in [9.17, 15) is 18.0 Å².